The summed E-state index contributed by atoms with van der Waals surface area (Å²) in [5, 5.41) is 0. The van der Waals surface area contributed by atoms with Gasteiger partial charge in [-0.3, -0.25) is 9.59 Å². The minimum atomic E-state index is -3.93. The molecule has 1 aliphatic rings. The third-order valence-electron chi connectivity index (χ3n) is 4.39. The van der Waals surface area contributed by atoms with Crippen LogP contribution in [0.1, 0.15) is 30.1 Å². The number of primary amides is 1. The maximum absolute atomic E-state index is 12.9. The Labute approximate surface area is 157 Å². The van der Waals surface area contributed by atoms with Crippen LogP contribution in [0.5, 0.6) is 0 Å². The van der Waals surface area contributed by atoms with Gasteiger partial charge in [-0.15, -0.1) is 0 Å². The van der Waals surface area contributed by atoms with Crippen molar-refractivity contribution in [1.29, 1.82) is 0 Å². The van der Waals surface area contributed by atoms with Crippen molar-refractivity contribution < 1.29 is 32.3 Å². The molecule has 1 aromatic rings. The number of esters is 2. The monoisotopic (exact) mass is 398 g/mol. The van der Waals surface area contributed by atoms with Crippen LogP contribution in [0.25, 0.3) is 0 Å². The molecule has 0 unspecified atom stereocenters. The van der Waals surface area contributed by atoms with Crippen molar-refractivity contribution in [2.24, 2.45) is 11.7 Å². The van der Waals surface area contributed by atoms with Gasteiger partial charge >= 0.3 is 11.9 Å². The largest absolute Gasteiger partial charge is 0.465 e. The molecule has 0 saturated carbocycles. The number of amides is 1. The zero-order chi connectivity index (χ0) is 20.2. The van der Waals surface area contributed by atoms with Crippen LogP contribution in [0.2, 0.25) is 0 Å². The number of rotatable bonds is 6. The molecule has 1 heterocycles. The summed E-state index contributed by atoms with van der Waals surface area (Å²) in [6.45, 7) is 1.55. The summed E-state index contributed by atoms with van der Waals surface area (Å²) in [4.78, 5) is 34.8. The smallest absolute Gasteiger partial charge is 0.339 e. The summed E-state index contributed by atoms with van der Waals surface area (Å²) in [5.41, 5.74) is 5.02. The summed E-state index contributed by atoms with van der Waals surface area (Å²) in [6, 6.07) is 5.80. The summed E-state index contributed by atoms with van der Waals surface area (Å²) in [5.74, 6) is -2.58. The highest BCUT2D eigenvalue weighted by molar-refractivity contribution is 7.89. The van der Waals surface area contributed by atoms with Crippen LogP contribution in [0.15, 0.2) is 29.2 Å². The summed E-state index contributed by atoms with van der Waals surface area (Å²) in [6.07, 6.45) is -0.556. The van der Waals surface area contributed by atoms with Gasteiger partial charge in [0, 0.05) is 13.1 Å². The van der Waals surface area contributed by atoms with E-state index in [1.54, 1.807) is 6.07 Å². The van der Waals surface area contributed by atoms with E-state index < -0.39 is 39.9 Å². The molecular formula is C17H22N2O7S. The molecule has 2 rings (SSSR count). The number of nitrogens with zero attached hydrogens (tertiary/aromatic N) is 1. The first-order valence-corrected chi connectivity index (χ1v) is 9.79. The van der Waals surface area contributed by atoms with E-state index in [-0.39, 0.29) is 36.4 Å². The van der Waals surface area contributed by atoms with Crippen molar-refractivity contribution in [3.05, 3.63) is 29.8 Å². The number of piperidine rings is 1. The van der Waals surface area contributed by atoms with Crippen molar-refractivity contribution in [2.45, 2.75) is 30.8 Å². The van der Waals surface area contributed by atoms with Crippen LogP contribution in [-0.2, 0) is 29.1 Å². The normalized spacial score (nSPS) is 17.1. The van der Waals surface area contributed by atoms with E-state index >= 15 is 0 Å². The predicted molar refractivity (Wildman–Crippen MR) is 94.0 cm³/mol. The molecule has 1 aromatic carbocycles. The number of nitrogens with two attached hydrogens (primary N) is 1. The zero-order valence-electron chi connectivity index (χ0n) is 15.1. The standard InChI is InChI=1S/C17H22N2O7S/c1-11(15(18)20)26-16(21)12-7-9-19(10-8-12)27(23,24)14-6-4-3-5-13(14)17(22)25-2/h3-6,11-12H,7-10H2,1-2H3,(H2,18,20)/t11-/m1/s1. The van der Waals surface area contributed by atoms with Gasteiger partial charge < -0.3 is 15.2 Å². The molecular weight excluding hydrogens is 376 g/mol. The third-order valence-corrected chi connectivity index (χ3v) is 6.35. The highest BCUT2D eigenvalue weighted by atomic mass is 32.2. The minimum absolute atomic E-state index is 0.0446. The molecule has 1 amide bonds. The Balaban J connectivity index is 2.11. The Morgan fingerprint density at radius 3 is 2.33 bits per heavy atom. The Kier molecular flexibility index (Phi) is 6.55. The first kappa shape index (κ1) is 20.8. The van der Waals surface area contributed by atoms with Crippen LogP contribution in [0.3, 0.4) is 0 Å². The number of hydrogen-bond acceptors (Lipinski definition) is 7. The molecule has 27 heavy (non-hydrogen) atoms. The van der Waals surface area contributed by atoms with Gasteiger partial charge in [-0.05, 0) is 31.9 Å². The van der Waals surface area contributed by atoms with Crippen molar-refractivity contribution in [2.75, 3.05) is 20.2 Å². The quantitative estimate of drug-likeness (QED) is 0.681. The van der Waals surface area contributed by atoms with Crippen molar-refractivity contribution in [3.63, 3.8) is 0 Å². The van der Waals surface area contributed by atoms with E-state index in [9.17, 15) is 22.8 Å². The van der Waals surface area contributed by atoms with Crippen LogP contribution >= 0.6 is 0 Å². The molecule has 1 atom stereocenters. The van der Waals surface area contributed by atoms with E-state index in [0.717, 1.165) is 0 Å². The lowest BCUT2D eigenvalue weighted by Gasteiger charge is -2.30. The van der Waals surface area contributed by atoms with Crippen LogP contribution in [0.4, 0.5) is 0 Å². The molecule has 1 fully saturated rings. The zero-order valence-corrected chi connectivity index (χ0v) is 15.9. The summed E-state index contributed by atoms with van der Waals surface area (Å²) >= 11 is 0. The molecule has 148 valence electrons. The average Bonchev–Trinajstić information content (AvgIpc) is 2.67. The van der Waals surface area contributed by atoms with Gasteiger partial charge in [-0.1, -0.05) is 12.1 Å². The molecule has 0 bridgehead atoms. The molecule has 0 spiro atoms. The molecule has 0 aromatic heterocycles. The van der Waals surface area contributed by atoms with Gasteiger partial charge in [0.1, 0.15) is 0 Å². The number of carbonyl (C=O) groups is 3. The van der Waals surface area contributed by atoms with E-state index in [1.165, 1.54) is 36.5 Å². The van der Waals surface area contributed by atoms with Crippen LogP contribution < -0.4 is 5.73 Å². The molecule has 1 aliphatic heterocycles. The van der Waals surface area contributed by atoms with Crippen molar-refractivity contribution >= 4 is 27.9 Å². The topological polar surface area (TPSA) is 133 Å². The van der Waals surface area contributed by atoms with Crippen LogP contribution in [0, 0.1) is 5.92 Å². The number of benzene rings is 1. The fourth-order valence-corrected chi connectivity index (χ4v) is 4.42. The fourth-order valence-electron chi connectivity index (χ4n) is 2.77. The molecule has 2 N–H and O–H groups in total. The minimum Gasteiger partial charge on any atom is -0.465 e. The van der Waals surface area contributed by atoms with Gasteiger partial charge in [-0.2, -0.15) is 4.31 Å². The van der Waals surface area contributed by atoms with Crippen molar-refractivity contribution in [3.8, 4) is 0 Å². The summed E-state index contributed by atoms with van der Waals surface area (Å²) < 4.78 is 36.7. The molecule has 9 nitrogen and oxygen atoms in total. The van der Waals surface area contributed by atoms with E-state index in [1.807, 2.05) is 0 Å². The van der Waals surface area contributed by atoms with Crippen LogP contribution in [-0.4, -0.2) is 56.9 Å². The van der Waals surface area contributed by atoms with E-state index in [4.69, 9.17) is 10.5 Å². The van der Waals surface area contributed by atoms with Gasteiger partial charge in [0.05, 0.1) is 23.5 Å². The Hall–Kier alpha value is -2.46. The number of methoxy groups -OCH3 is 1. The second-order valence-electron chi connectivity index (χ2n) is 6.15. The maximum Gasteiger partial charge on any atom is 0.339 e. The lowest BCUT2D eigenvalue weighted by atomic mass is 9.98. The maximum atomic E-state index is 12.9. The Morgan fingerprint density at radius 2 is 1.78 bits per heavy atom. The first-order valence-electron chi connectivity index (χ1n) is 8.35. The Bertz CT molecular complexity index is 829. The fraction of sp³-hybridized carbons (Fsp3) is 0.471. The average molecular weight is 398 g/mol. The van der Waals surface area contributed by atoms with Gasteiger partial charge in [0.25, 0.3) is 5.91 Å². The molecule has 0 aliphatic carbocycles. The number of sulfonamides is 1. The van der Waals surface area contributed by atoms with E-state index in [2.05, 4.69) is 4.74 Å². The van der Waals surface area contributed by atoms with Gasteiger partial charge in [0.2, 0.25) is 10.0 Å². The Morgan fingerprint density at radius 1 is 1.19 bits per heavy atom. The first-order chi connectivity index (χ1) is 12.7. The lowest BCUT2D eigenvalue weighted by Crippen LogP contribution is -2.42. The molecule has 10 heteroatoms. The van der Waals surface area contributed by atoms with E-state index in [0.29, 0.717) is 0 Å². The second-order valence-corrected chi connectivity index (χ2v) is 8.05. The number of carbonyl (C=O) groups excluding carboxylic acids is 3. The van der Waals surface area contributed by atoms with Gasteiger partial charge in [0.15, 0.2) is 6.10 Å². The SMILES string of the molecule is COC(=O)c1ccccc1S(=O)(=O)N1CCC(C(=O)O[C@H](C)C(N)=O)CC1. The second kappa shape index (κ2) is 8.49. The van der Waals surface area contributed by atoms with Gasteiger partial charge in [-0.25, -0.2) is 13.2 Å². The lowest BCUT2D eigenvalue weighted by molar-refractivity contribution is -0.159. The number of ether oxygens (including phenoxy) is 2. The highest BCUT2D eigenvalue weighted by Crippen LogP contribution is 2.27. The number of hydrogen-bond donors (Lipinski definition) is 1. The highest BCUT2D eigenvalue weighted by Gasteiger charge is 2.35. The summed E-state index contributed by atoms with van der Waals surface area (Å²) in [7, 11) is -2.75. The molecule has 1 saturated heterocycles. The third kappa shape index (κ3) is 4.64. The van der Waals surface area contributed by atoms with Crippen molar-refractivity contribution in [1.82, 2.24) is 4.31 Å². The molecule has 0 radical (unpaired) electrons. The predicted octanol–water partition coefficient (Wildman–Crippen LogP) is 0.291.